The lowest BCUT2D eigenvalue weighted by Gasteiger charge is -2.32. The predicted molar refractivity (Wildman–Crippen MR) is 156 cm³/mol. The Morgan fingerprint density at radius 1 is 0.875 bits per heavy atom. The van der Waals surface area contributed by atoms with Crippen molar-refractivity contribution < 1.29 is 27.5 Å². The fraction of sp³-hybridized carbons (Fsp3) is 0.333. The van der Waals surface area contributed by atoms with Crippen molar-refractivity contribution in [2.24, 2.45) is 0 Å². The minimum Gasteiger partial charge on any atom is -0.497 e. The Labute approximate surface area is 236 Å². The van der Waals surface area contributed by atoms with Crippen LogP contribution in [0.5, 0.6) is 17.2 Å². The number of carbonyl (C=O) groups is 2. The number of nitrogens with one attached hydrogen (secondary N) is 1. The summed E-state index contributed by atoms with van der Waals surface area (Å²) < 4.78 is 37.7. The van der Waals surface area contributed by atoms with Crippen molar-refractivity contribution in [2.45, 2.75) is 45.8 Å². The van der Waals surface area contributed by atoms with Crippen molar-refractivity contribution in [1.29, 1.82) is 0 Å². The third kappa shape index (κ3) is 8.47. The summed E-state index contributed by atoms with van der Waals surface area (Å²) in [5.41, 5.74) is 1.07. The molecule has 3 rings (SSSR count). The molecule has 2 amide bonds. The second kappa shape index (κ2) is 13.8. The van der Waals surface area contributed by atoms with Gasteiger partial charge in [-0.05, 0) is 74.4 Å². The van der Waals surface area contributed by atoms with Gasteiger partial charge >= 0.3 is 0 Å². The molecule has 0 radical (unpaired) electrons. The van der Waals surface area contributed by atoms with Crippen LogP contribution in [0.15, 0.2) is 78.9 Å². The Hall–Kier alpha value is -4.05. The van der Waals surface area contributed by atoms with Gasteiger partial charge in [-0.1, -0.05) is 37.3 Å². The van der Waals surface area contributed by atoms with E-state index in [1.165, 1.54) is 4.90 Å². The summed E-state index contributed by atoms with van der Waals surface area (Å²) in [6, 6.07) is 21.9. The van der Waals surface area contributed by atoms with Gasteiger partial charge < -0.3 is 19.7 Å². The van der Waals surface area contributed by atoms with Gasteiger partial charge in [-0.3, -0.25) is 13.9 Å². The topological polar surface area (TPSA) is 105 Å². The van der Waals surface area contributed by atoms with E-state index in [0.29, 0.717) is 22.9 Å². The summed E-state index contributed by atoms with van der Waals surface area (Å²) >= 11 is 0. The van der Waals surface area contributed by atoms with Crippen LogP contribution in [0.3, 0.4) is 0 Å². The molecule has 2 unspecified atom stereocenters. The molecule has 9 nitrogen and oxygen atoms in total. The van der Waals surface area contributed by atoms with Crippen LogP contribution < -0.4 is 19.1 Å². The van der Waals surface area contributed by atoms with Crippen LogP contribution in [-0.2, 0) is 26.2 Å². The Balaban J connectivity index is 1.86. The molecule has 0 aliphatic heterocycles. The van der Waals surface area contributed by atoms with E-state index in [1.54, 1.807) is 62.6 Å². The molecule has 0 saturated heterocycles. The zero-order valence-corrected chi connectivity index (χ0v) is 24.4. The highest BCUT2D eigenvalue weighted by Gasteiger charge is 2.30. The minimum absolute atomic E-state index is 0.0722. The average molecular weight is 568 g/mol. The molecule has 10 heteroatoms. The number of amides is 2. The summed E-state index contributed by atoms with van der Waals surface area (Å²) in [5.74, 6) is 0.991. The Morgan fingerprint density at radius 2 is 1.45 bits per heavy atom. The fourth-order valence-electron chi connectivity index (χ4n) is 3.89. The molecule has 0 heterocycles. The fourth-order valence-corrected chi connectivity index (χ4v) is 4.74. The highest BCUT2D eigenvalue weighted by molar-refractivity contribution is 7.92. The van der Waals surface area contributed by atoms with Gasteiger partial charge in [-0.25, -0.2) is 8.42 Å². The van der Waals surface area contributed by atoms with Gasteiger partial charge in [-0.15, -0.1) is 0 Å². The molecule has 0 aliphatic carbocycles. The zero-order chi connectivity index (χ0) is 29.3. The molecule has 0 fully saturated rings. The lowest BCUT2D eigenvalue weighted by molar-refractivity contribution is -0.139. The van der Waals surface area contributed by atoms with Crippen LogP contribution in [0.1, 0.15) is 32.8 Å². The third-order valence-electron chi connectivity index (χ3n) is 6.46. The van der Waals surface area contributed by atoms with Crippen LogP contribution in [0.4, 0.5) is 5.69 Å². The highest BCUT2D eigenvalue weighted by Crippen LogP contribution is 2.26. The number of sulfonamides is 1. The second-order valence-electron chi connectivity index (χ2n) is 9.54. The summed E-state index contributed by atoms with van der Waals surface area (Å²) in [6.07, 6.45) is 1.78. The number of hydrogen-bond donors (Lipinski definition) is 1. The number of hydrogen-bond acceptors (Lipinski definition) is 6. The first-order valence-corrected chi connectivity index (χ1v) is 14.9. The van der Waals surface area contributed by atoms with E-state index in [2.05, 4.69) is 5.32 Å². The molecule has 1 N–H and O–H groups in total. The molecule has 0 bridgehead atoms. The SMILES string of the molecule is CCC(C)NC(=O)C(C)N(Cc1ccc(OC)cc1)C(=O)CN(c1ccc(Oc2ccccc2)cc1)S(C)(=O)=O. The quantitative estimate of drug-likeness (QED) is 0.324. The number of anilines is 1. The van der Waals surface area contributed by atoms with Crippen LogP contribution in [0.25, 0.3) is 0 Å². The van der Waals surface area contributed by atoms with Gasteiger partial charge in [0.05, 0.1) is 19.1 Å². The van der Waals surface area contributed by atoms with Gasteiger partial charge in [0.15, 0.2) is 0 Å². The normalized spacial score (nSPS) is 12.6. The van der Waals surface area contributed by atoms with Crippen LogP contribution in [0, 0.1) is 0 Å². The number of ether oxygens (including phenoxy) is 2. The van der Waals surface area contributed by atoms with Crippen molar-refractivity contribution >= 4 is 27.5 Å². The molecule has 2 atom stereocenters. The molecule has 0 aromatic heterocycles. The van der Waals surface area contributed by atoms with Crippen LogP contribution >= 0.6 is 0 Å². The number of benzene rings is 3. The molecular formula is C30H37N3O6S. The van der Waals surface area contributed by atoms with Gasteiger partial charge in [0.1, 0.15) is 29.8 Å². The maximum atomic E-state index is 13.7. The van der Waals surface area contributed by atoms with Crippen LogP contribution in [-0.4, -0.2) is 57.1 Å². The van der Waals surface area contributed by atoms with E-state index in [0.717, 1.165) is 22.5 Å². The number of rotatable bonds is 13. The van der Waals surface area contributed by atoms with Gasteiger partial charge in [-0.2, -0.15) is 0 Å². The third-order valence-corrected chi connectivity index (χ3v) is 7.60. The lowest BCUT2D eigenvalue weighted by atomic mass is 10.1. The molecule has 0 aliphatic rings. The first-order chi connectivity index (χ1) is 19.0. The van der Waals surface area contributed by atoms with E-state index >= 15 is 0 Å². The number of para-hydroxylation sites is 1. The zero-order valence-electron chi connectivity index (χ0n) is 23.5. The number of carbonyl (C=O) groups excluding carboxylic acids is 2. The molecule has 3 aromatic rings. The number of methoxy groups -OCH3 is 1. The lowest BCUT2D eigenvalue weighted by Crippen LogP contribution is -2.52. The van der Waals surface area contributed by atoms with E-state index in [9.17, 15) is 18.0 Å². The first kappa shape index (κ1) is 30.5. The summed E-state index contributed by atoms with van der Waals surface area (Å²) in [7, 11) is -2.28. The van der Waals surface area contributed by atoms with E-state index < -0.39 is 28.5 Å². The Bertz CT molecular complexity index is 1360. The summed E-state index contributed by atoms with van der Waals surface area (Å²) in [4.78, 5) is 28.1. The Morgan fingerprint density at radius 3 is 2.00 bits per heavy atom. The maximum absolute atomic E-state index is 13.7. The monoisotopic (exact) mass is 567 g/mol. The standard InChI is InChI=1S/C30H37N3O6S/c1-6-22(2)31-30(35)23(3)32(20-24-12-16-26(38-4)17-13-24)29(34)21-33(40(5,36)37)25-14-18-28(19-15-25)39-27-10-8-7-9-11-27/h7-19,22-23H,6,20-21H2,1-5H3,(H,31,35). The van der Waals surface area contributed by atoms with E-state index in [-0.39, 0.29) is 18.5 Å². The van der Waals surface area contributed by atoms with E-state index in [1.807, 2.05) is 44.2 Å². The smallest absolute Gasteiger partial charge is 0.244 e. The second-order valence-corrected chi connectivity index (χ2v) is 11.4. The largest absolute Gasteiger partial charge is 0.497 e. The van der Waals surface area contributed by atoms with E-state index in [4.69, 9.17) is 9.47 Å². The number of nitrogens with zero attached hydrogens (tertiary/aromatic N) is 2. The molecular weight excluding hydrogens is 530 g/mol. The molecule has 214 valence electrons. The molecule has 3 aromatic carbocycles. The van der Waals surface area contributed by atoms with Crippen molar-refractivity contribution in [3.05, 3.63) is 84.4 Å². The summed E-state index contributed by atoms with van der Waals surface area (Å²) in [5, 5.41) is 2.91. The van der Waals surface area contributed by atoms with Gasteiger partial charge in [0.2, 0.25) is 21.8 Å². The molecule has 40 heavy (non-hydrogen) atoms. The van der Waals surface area contributed by atoms with Gasteiger partial charge in [0, 0.05) is 12.6 Å². The van der Waals surface area contributed by atoms with Gasteiger partial charge in [0.25, 0.3) is 0 Å². The maximum Gasteiger partial charge on any atom is 0.244 e. The predicted octanol–water partition coefficient (Wildman–Crippen LogP) is 4.59. The average Bonchev–Trinajstić information content (AvgIpc) is 2.94. The highest BCUT2D eigenvalue weighted by atomic mass is 32.2. The minimum atomic E-state index is -3.84. The van der Waals surface area contributed by atoms with Crippen molar-refractivity contribution in [3.8, 4) is 17.2 Å². The van der Waals surface area contributed by atoms with Crippen LogP contribution in [0.2, 0.25) is 0 Å². The molecule has 0 saturated carbocycles. The van der Waals surface area contributed by atoms with Crippen molar-refractivity contribution in [3.63, 3.8) is 0 Å². The first-order valence-electron chi connectivity index (χ1n) is 13.0. The van der Waals surface area contributed by atoms with Crippen molar-refractivity contribution in [1.82, 2.24) is 10.2 Å². The summed E-state index contributed by atoms with van der Waals surface area (Å²) in [6.45, 7) is 5.11. The van der Waals surface area contributed by atoms with Crippen molar-refractivity contribution in [2.75, 3.05) is 24.2 Å². The Kier molecular flexibility index (Phi) is 10.6. The molecule has 0 spiro atoms.